The van der Waals surface area contributed by atoms with Crippen molar-refractivity contribution in [2.45, 2.75) is 13.8 Å². The molecule has 14 heavy (non-hydrogen) atoms. The predicted molar refractivity (Wildman–Crippen MR) is 49.8 cm³/mol. The Balaban J connectivity index is 3.43. The van der Waals surface area contributed by atoms with Gasteiger partial charge in [0.1, 0.15) is 0 Å². The van der Waals surface area contributed by atoms with Crippen molar-refractivity contribution >= 4 is 11.9 Å². The molecule has 0 aromatic heterocycles. The number of benzene rings is 1. The topological polar surface area (TPSA) is 74.6 Å². The molecule has 2 N–H and O–H groups in total. The molecule has 0 heterocycles. The van der Waals surface area contributed by atoms with E-state index in [1.807, 2.05) is 0 Å². The van der Waals surface area contributed by atoms with Crippen LogP contribution >= 0.6 is 0 Å². The molecule has 0 radical (unpaired) electrons. The van der Waals surface area contributed by atoms with Crippen molar-refractivity contribution in [3.8, 4) is 0 Å². The van der Waals surface area contributed by atoms with E-state index >= 15 is 0 Å². The highest BCUT2D eigenvalue weighted by molar-refractivity contribution is 5.95. The number of aryl methyl sites for hydroxylation is 1. The first kappa shape index (κ1) is 10.2. The van der Waals surface area contributed by atoms with E-state index in [9.17, 15) is 9.59 Å². The zero-order valence-corrected chi connectivity index (χ0v) is 7.87. The minimum Gasteiger partial charge on any atom is -0.478 e. The van der Waals surface area contributed by atoms with Crippen molar-refractivity contribution in [3.63, 3.8) is 0 Å². The molecule has 0 fully saturated rings. The van der Waals surface area contributed by atoms with Gasteiger partial charge in [-0.2, -0.15) is 0 Å². The van der Waals surface area contributed by atoms with Gasteiger partial charge in [0.25, 0.3) is 0 Å². The molecule has 0 spiro atoms. The average molecular weight is 194 g/mol. The molecule has 0 aliphatic rings. The monoisotopic (exact) mass is 194 g/mol. The van der Waals surface area contributed by atoms with Gasteiger partial charge in [0.2, 0.25) is 0 Å². The van der Waals surface area contributed by atoms with E-state index in [1.54, 1.807) is 13.8 Å². The number of hydrogen-bond acceptors (Lipinski definition) is 2. The van der Waals surface area contributed by atoms with Gasteiger partial charge in [-0.1, -0.05) is 0 Å². The Kier molecular flexibility index (Phi) is 2.56. The Morgan fingerprint density at radius 3 is 2.07 bits per heavy atom. The maximum absolute atomic E-state index is 10.8. The summed E-state index contributed by atoms with van der Waals surface area (Å²) in [5.41, 5.74) is 1.32. The third-order valence-electron chi connectivity index (χ3n) is 2.14. The summed E-state index contributed by atoms with van der Waals surface area (Å²) in [6.07, 6.45) is 0. The predicted octanol–water partition coefficient (Wildman–Crippen LogP) is 1.70. The van der Waals surface area contributed by atoms with E-state index in [0.29, 0.717) is 11.1 Å². The lowest BCUT2D eigenvalue weighted by molar-refractivity contribution is 0.0695. The van der Waals surface area contributed by atoms with Crippen molar-refractivity contribution in [1.82, 2.24) is 0 Å². The number of aromatic carboxylic acids is 2. The van der Waals surface area contributed by atoms with Gasteiger partial charge in [0.05, 0.1) is 11.1 Å². The molecular formula is C10H10O4. The molecule has 4 heteroatoms. The number of hydrogen-bond donors (Lipinski definition) is 2. The standard InChI is InChI=1S/C10H10O4/c1-5-3-7(9(11)12)4-8(6(5)2)10(13)14/h3-4H,1-2H3,(H,11,12)(H,13,14). The number of carbonyl (C=O) groups is 2. The highest BCUT2D eigenvalue weighted by Crippen LogP contribution is 2.16. The molecule has 1 rings (SSSR count). The first-order valence-electron chi connectivity index (χ1n) is 4.01. The Morgan fingerprint density at radius 2 is 1.64 bits per heavy atom. The molecule has 0 bridgehead atoms. The van der Waals surface area contributed by atoms with Crippen LogP contribution < -0.4 is 0 Å². The fourth-order valence-electron chi connectivity index (χ4n) is 1.20. The maximum Gasteiger partial charge on any atom is 0.335 e. The van der Waals surface area contributed by atoms with Crippen LogP contribution in [-0.2, 0) is 0 Å². The largest absolute Gasteiger partial charge is 0.478 e. The highest BCUT2D eigenvalue weighted by atomic mass is 16.4. The Bertz CT molecular complexity index is 407. The van der Waals surface area contributed by atoms with Gasteiger partial charge in [0.15, 0.2) is 0 Å². The normalized spacial score (nSPS) is 9.86. The average Bonchev–Trinajstić information content (AvgIpc) is 2.08. The van der Waals surface area contributed by atoms with E-state index in [2.05, 4.69) is 0 Å². The third kappa shape index (κ3) is 1.74. The second-order valence-corrected chi connectivity index (χ2v) is 3.08. The van der Waals surface area contributed by atoms with Crippen molar-refractivity contribution in [2.24, 2.45) is 0 Å². The first-order valence-corrected chi connectivity index (χ1v) is 4.01. The van der Waals surface area contributed by atoms with E-state index in [0.717, 1.165) is 0 Å². The van der Waals surface area contributed by atoms with Gasteiger partial charge in [0, 0.05) is 0 Å². The van der Waals surface area contributed by atoms with Crippen LogP contribution in [0.2, 0.25) is 0 Å². The Hall–Kier alpha value is -1.84. The molecule has 1 aromatic rings. The van der Waals surface area contributed by atoms with E-state index in [-0.39, 0.29) is 11.1 Å². The fraction of sp³-hybridized carbons (Fsp3) is 0.200. The van der Waals surface area contributed by atoms with Crippen molar-refractivity contribution in [1.29, 1.82) is 0 Å². The number of carboxylic acid groups (broad SMARTS) is 2. The summed E-state index contributed by atoms with van der Waals surface area (Å²) in [5.74, 6) is -2.22. The molecule has 0 saturated heterocycles. The molecule has 0 amide bonds. The molecule has 1 aromatic carbocycles. The Morgan fingerprint density at radius 1 is 1.07 bits per heavy atom. The van der Waals surface area contributed by atoms with Crippen LogP contribution in [0.15, 0.2) is 12.1 Å². The van der Waals surface area contributed by atoms with Crippen LogP contribution in [0, 0.1) is 13.8 Å². The van der Waals surface area contributed by atoms with Crippen molar-refractivity contribution in [2.75, 3.05) is 0 Å². The zero-order valence-electron chi connectivity index (χ0n) is 7.87. The van der Waals surface area contributed by atoms with Gasteiger partial charge in [-0.25, -0.2) is 9.59 Å². The van der Waals surface area contributed by atoms with Crippen LogP contribution in [0.1, 0.15) is 31.8 Å². The SMILES string of the molecule is Cc1cc(C(=O)O)cc(C(=O)O)c1C. The summed E-state index contributed by atoms with van der Waals surface area (Å²) in [4.78, 5) is 21.4. The molecule has 4 nitrogen and oxygen atoms in total. The molecular weight excluding hydrogens is 184 g/mol. The second kappa shape index (κ2) is 3.49. The number of rotatable bonds is 2. The van der Waals surface area contributed by atoms with Gasteiger partial charge in [-0.15, -0.1) is 0 Å². The summed E-state index contributed by atoms with van der Waals surface area (Å²) in [7, 11) is 0. The van der Waals surface area contributed by atoms with Gasteiger partial charge >= 0.3 is 11.9 Å². The summed E-state index contributed by atoms with van der Waals surface area (Å²) < 4.78 is 0. The minimum absolute atomic E-state index is 0.00509. The third-order valence-corrected chi connectivity index (χ3v) is 2.14. The molecule has 0 unspecified atom stereocenters. The summed E-state index contributed by atoms with van der Waals surface area (Å²) in [6, 6.07) is 2.64. The van der Waals surface area contributed by atoms with E-state index in [4.69, 9.17) is 10.2 Å². The number of carboxylic acids is 2. The fourth-order valence-corrected chi connectivity index (χ4v) is 1.20. The van der Waals surface area contributed by atoms with E-state index < -0.39 is 11.9 Å². The van der Waals surface area contributed by atoms with Crippen LogP contribution in [0.3, 0.4) is 0 Å². The molecule has 74 valence electrons. The maximum atomic E-state index is 10.8. The Labute approximate surface area is 80.8 Å². The highest BCUT2D eigenvalue weighted by Gasteiger charge is 2.13. The van der Waals surface area contributed by atoms with Gasteiger partial charge in [-0.3, -0.25) is 0 Å². The smallest absolute Gasteiger partial charge is 0.335 e. The van der Waals surface area contributed by atoms with Gasteiger partial charge in [-0.05, 0) is 37.1 Å². The molecule has 0 aliphatic carbocycles. The summed E-state index contributed by atoms with van der Waals surface area (Å²) in [5, 5.41) is 17.5. The quantitative estimate of drug-likeness (QED) is 0.751. The van der Waals surface area contributed by atoms with Crippen LogP contribution in [0.5, 0.6) is 0 Å². The van der Waals surface area contributed by atoms with Crippen LogP contribution in [0.4, 0.5) is 0 Å². The first-order chi connectivity index (χ1) is 6.43. The van der Waals surface area contributed by atoms with Crippen LogP contribution in [0.25, 0.3) is 0 Å². The lowest BCUT2D eigenvalue weighted by Crippen LogP contribution is -2.06. The molecule has 0 saturated carbocycles. The molecule has 0 atom stereocenters. The lowest BCUT2D eigenvalue weighted by atomic mass is 10.00. The second-order valence-electron chi connectivity index (χ2n) is 3.08. The van der Waals surface area contributed by atoms with Crippen molar-refractivity contribution < 1.29 is 19.8 Å². The van der Waals surface area contributed by atoms with Gasteiger partial charge < -0.3 is 10.2 Å². The van der Waals surface area contributed by atoms with Crippen LogP contribution in [-0.4, -0.2) is 22.2 Å². The lowest BCUT2D eigenvalue weighted by Gasteiger charge is -2.06. The molecule has 0 aliphatic heterocycles. The zero-order chi connectivity index (χ0) is 10.9. The van der Waals surface area contributed by atoms with E-state index in [1.165, 1.54) is 12.1 Å². The summed E-state index contributed by atoms with van der Waals surface area (Å²) >= 11 is 0. The van der Waals surface area contributed by atoms with Crippen molar-refractivity contribution in [3.05, 3.63) is 34.4 Å². The minimum atomic E-state index is -1.12. The summed E-state index contributed by atoms with van der Waals surface area (Å²) in [6.45, 7) is 3.35.